The van der Waals surface area contributed by atoms with Crippen LogP contribution < -0.4 is 0 Å². The van der Waals surface area contributed by atoms with Crippen LogP contribution in [0.1, 0.15) is 22.5 Å². The number of carboxylic acid groups (broad SMARTS) is 1. The average molecular weight is 271 g/mol. The molecule has 0 bridgehead atoms. The third-order valence-electron chi connectivity index (χ3n) is 3.68. The highest BCUT2D eigenvalue weighted by Crippen LogP contribution is 2.27. The first-order valence-corrected chi connectivity index (χ1v) is 6.65. The third kappa shape index (κ3) is 2.44. The van der Waals surface area contributed by atoms with Gasteiger partial charge < -0.3 is 5.11 Å². The van der Waals surface area contributed by atoms with Gasteiger partial charge in [0.25, 0.3) is 0 Å². The molecule has 5 nitrogen and oxygen atoms in total. The van der Waals surface area contributed by atoms with E-state index in [0.717, 1.165) is 30.9 Å². The van der Waals surface area contributed by atoms with Crippen molar-refractivity contribution in [1.82, 2.24) is 14.7 Å². The van der Waals surface area contributed by atoms with Crippen molar-refractivity contribution in [2.24, 2.45) is 7.05 Å². The van der Waals surface area contributed by atoms with Gasteiger partial charge in [-0.1, -0.05) is 30.3 Å². The van der Waals surface area contributed by atoms with Gasteiger partial charge in [-0.15, -0.1) is 0 Å². The molecule has 104 valence electrons. The van der Waals surface area contributed by atoms with Crippen LogP contribution in [0.2, 0.25) is 0 Å². The number of hydrogen-bond acceptors (Lipinski definition) is 3. The second-order valence-corrected chi connectivity index (χ2v) is 5.20. The predicted molar refractivity (Wildman–Crippen MR) is 73.9 cm³/mol. The molecular formula is C15H17N3O2. The molecule has 1 aliphatic heterocycles. The maximum atomic E-state index is 10.9. The van der Waals surface area contributed by atoms with Crippen molar-refractivity contribution in [2.45, 2.75) is 26.1 Å². The van der Waals surface area contributed by atoms with Gasteiger partial charge in [-0.3, -0.25) is 14.4 Å². The number of hydrogen-bond donors (Lipinski definition) is 1. The van der Waals surface area contributed by atoms with Gasteiger partial charge in [0, 0.05) is 32.2 Å². The van der Waals surface area contributed by atoms with E-state index >= 15 is 0 Å². The molecule has 0 atom stereocenters. The van der Waals surface area contributed by atoms with E-state index < -0.39 is 5.97 Å². The topological polar surface area (TPSA) is 58.4 Å². The summed E-state index contributed by atoms with van der Waals surface area (Å²) in [5.74, 6) is -0.826. The van der Waals surface area contributed by atoms with Crippen LogP contribution in [0.5, 0.6) is 0 Å². The zero-order valence-corrected chi connectivity index (χ0v) is 11.4. The lowest BCUT2D eigenvalue weighted by atomic mass is 10.1. The minimum absolute atomic E-state index is 0.00233. The average Bonchev–Trinajstić information content (AvgIpc) is 2.92. The summed E-state index contributed by atoms with van der Waals surface area (Å²) in [5, 5.41) is 13.3. The van der Waals surface area contributed by atoms with Crippen molar-refractivity contribution in [2.75, 3.05) is 0 Å². The monoisotopic (exact) mass is 271 g/mol. The van der Waals surface area contributed by atoms with Gasteiger partial charge >= 0.3 is 5.97 Å². The van der Waals surface area contributed by atoms with Crippen LogP contribution in [0.3, 0.4) is 0 Å². The Bertz CT molecular complexity index is 634. The van der Waals surface area contributed by atoms with E-state index in [4.69, 9.17) is 5.11 Å². The summed E-state index contributed by atoms with van der Waals surface area (Å²) in [7, 11) is 1.89. The summed E-state index contributed by atoms with van der Waals surface area (Å²) in [6.07, 6.45) is 0.00233. The molecule has 2 heterocycles. The number of aryl methyl sites for hydroxylation is 1. The first-order chi connectivity index (χ1) is 9.63. The van der Waals surface area contributed by atoms with Crippen molar-refractivity contribution >= 4 is 5.97 Å². The Hall–Kier alpha value is -2.14. The van der Waals surface area contributed by atoms with Crippen LogP contribution in [0.25, 0.3) is 0 Å². The van der Waals surface area contributed by atoms with Crippen molar-refractivity contribution in [1.29, 1.82) is 0 Å². The number of carbonyl (C=O) groups is 1. The highest BCUT2D eigenvalue weighted by Gasteiger charge is 2.27. The molecule has 0 saturated carbocycles. The lowest BCUT2D eigenvalue weighted by Crippen LogP contribution is -2.18. The maximum Gasteiger partial charge on any atom is 0.309 e. The molecule has 0 fully saturated rings. The molecule has 1 aliphatic rings. The molecule has 3 rings (SSSR count). The standard InChI is InChI=1S/C15H17N3O2/c1-17-14-10-18(8-11-5-3-2-4-6-11)9-12(14)13(16-17)7-15(19)20/h2-6H,7-10H2,1H3,(H,19,20). The van der Waals surface area contributed by atoms with Crippen LogP contribution in [0.15, 0.2) is 30.3 Å². The van der Waals surface area contributed by atoms with Gasteiger partial charge in [-0.25, -0.2) is 0 Å². The lowest BCUT2D eigenvalue weighted by molar-refractivity contribution is -0.136. The van der Waals surface area contributed by atoms with Crippen LogP contribution in [-0.4, -0.2) is 25.8 Å². The Kier molecular flexibility index (Phi) is 3.28. The van der Waals surface area contributed by atoms with Gasteiger partial charge in [0.05, 0.1) is 17.8 Å². The second kappa shape index (κ2) is 5.09. The Morgan fingerprint density at radius 1 is 1.30 bits per heavy atom. The van der Waals surface area contributed by atoms with Crippen molar-refractivity contribution in [3.63, 3.8) is 0 Å². The Balaban J connectivity index is 1.77. The molecular weight excluding hydrogens is 254 g/mol. The van der Waals surface area contributed by atoms with Gasteiger partial charge in [-0.05, 0) is 5.56 Å². The summed E-state index contributed by atoms with van der Waals surface area (Å²) < 4.78 is 1.82. The van der Waals surface area contributed by atoms with Crippen molar-refractivity contribution in [3.8, 4) is 0 Å². The number of benzene rings is 1. The van der Waals surface area contributed by atoms with Crippen LogP contribution >= 0.6 is 0 Å². The first-order valence-electron chi connectivity index (χ1n) is 6.65. The fourth-order valence-electron chi connectivity index (χ4n) is 2.77. The first kappa shape index (κ1) is 12.9. The van der Waals surface area contributed by atoms with E-state index in [1.807, 2.05) is 29.9 Å². The zero-order valence-electron chi connectivity index (χ0n) is 11.4. The predicted octanol–water partition coefficient (Wildman–Crippen LogP) is 1.56. The molecule has 1 aromatic heterocycles. The number of nitrogens with zero attached hydrogens (tertiary/aromatic N) is 3. The van der Waals surface area contributed by atoms with Crippen molar-refractivity contribution in [3.05, 3.63) is 52.8 Å². The number of aliphatic carboxylic acids is 1. The highest BCUT2D eigenvalue weighted by molar-refractivity contribution is 5.70. The summed E-state index contributed by atoms with van der Waals surface area (Å²) in [6, 6.07) is 10.3. The summed E-state index contributed by atoms with van der Waals surface area (Å²) in [5.41, 5.74) is 4.20. The van der Waals surface area contributed by atoms with Crippen LogP contribution in [0.4, 0.5) is 0 Å². The van der Waals surface area contributed by atoms with E-state index in [1.54, 1.807) is 0 Å². The molecule has 0 radical (unpaired) electrons. The molecule has 0 amide bonds. The number of carboxylic acids is 1. The maximum absolute atomic E-state index is 10.9. The molecule has 0 unspecified atom stereocenters. The second-order valence-electron chi connectivity index (χ2n) is 5.20. The molecule has 5 heteroatoms. The van der Waals surface area contributed by atoms with E-state index in [1.165, 1.54) is 5.56 Å². The lowest BCUT2D eigenvalue weighted by Gasteiger charge is -2.15. The fraction of sp³-hybridized carbons (Fsp3) is 0.333. The quantitative estimate of drug-likeness (QED) is 0.917. The normalized spacial score (nSPS) is 14.4. The number of aromatic nitrogens is 2. The Labute approximate surface area is 117 Å². The zero-order chi connectivity index (χ0) is 14.1. The van der Waals surface area contributed by atoms with E-state index in [0.29, 0.717) is 5.69 Å². The molecule has 0 aliphatic carbocycles. The summed E-state index contributed by atoms with van der Waals surface area (Å²) in [6.45, 7) is 2.48. The number of rotatable bonds is 4. The minimum atomic E-state index is -0.826. The smallest absolute Gasteiger partial charge is 0.309 e. The van der Waals surface area contributed by atoms with Crippen LogP contribution in [0, 0.1) is 0 Å². The van der Waals surface area contributed by atoms with Gasteiger partial charge in [0.1, 0.15) is 0 Å². The van der Waals surface area contributed by atoms with Gasteiger partial charge in [0.2, 0.25) is 0 Å². The fourth-order valence-corrected chi connectivity index (χ4v) is 2.77. The molecule has 0 saturated heterocycles. The third-order valence-corrected chi connectivity index (χ3v) is 3.68. The van der Waals surface area contributed by atoms with Crippen LogP contribution in [-0.2, 0) is 37.9 Å². The molecule has 1 N–H and O–H groups in total. The largest absolute Gasteiger partial charge is 0.481 e. The van der Waals surface area contributed by atoms with E-state index in [9.17, 15) is 4.79 Å². The highest BCUT2D eigenvalue weighted by atomic mass is 16.4. The Morgan fingerprint density at radius 3 is 2.75 bits per heavy atom. The Morgan fingerprint density at radius 2 is 2.05 bits per heavy atom. The van der Waals surface area contributed by atoms with E-state index in [2.05, 4.69) is 22.1 Å². The number of fused-ring (bicyclic) bond motifs is 1. The van der Waals surface area contributed by atoms with Gasteiger partial charge in [0.15, 0.2) is 0 Å². The molecule has 2 aromatic rings. The van der Waals surface area contributed by atoms with Gasteiger partial charge in [-0.2, -0.15) is 5.10 Å². The SMILES string of the molecule is Cn1nc(CC(=O)O)c2c1CN(Cc1ccccc1)C2. The molecule has 0 spiro atoms. The molecule has 1 aromatic carbocycles. The summed E-state index contributed by atoms with van der Waals surface area (Å²) in [4.78, 5) is 13.2. The summed E-state index contributed by atoms with van der Waals surface area (Å²) >= 11 is 0. The van der Waals surface area contributed by atoms with Crippen molar-refractivity contribution < 1.29 is 9.90 Å². The minimum Gasteiger partial charge on any atom is -0.481 e. The molecule has 20 heavy (non-hydrogen) atoms. The van der Waals surface area contributed by atoms with E-state index in [-0.39, 0.29) is 6.42 Å².